The minimum atomic E-state index is -1.58. The maximum absolute atomic E-state index is 13.5. The van der Waals surface area contributed by atoms with Gasteiger partial charge in [-0.25, -0.2) is 18.0 Å². The first-order valence-corrected chi connectivity index (χ1v) is 5.48. The minimum absolute atomic E-state index is 0.0999. The van der Waals surface area contributed by atoms with E-state index >= 15 is 0 Å². The molecular weight excluding hydrogens is 285 g/mol. The topological polar surface area (TPSA) is 43.4 Å². The van der Waals surface area contributed by atoms with Gasteiger partial charge in [0.1, 0.15) is 5.02 Å². The Labute approximate surface area is 111 Å². The quantitative estimate of drug-likeness (QED) is 0.282. The van der Waals surface area contributed by atoms with Crippen LogP contribution in [0.25, 0.3) is 0 Å². The number of carbonyl (C=O) groups is 2. The number of hydrogen-bond donors (Lipinski definition) is 0. The molecule has 3 nitrogen and oxygen atoms in total. The van der Waals surface area contributed by atoms with E-state index in [9.17, 15) is 22.8 Å². The third-order valence-electron chi connectivity index (χ3n) is 2.03. The van der Waals surface area contributed by atoms with Gasteiger partial charge in [0.15, 0.2) is 23.2 Å². The van der Waals surface area contributed by atoms with E-state index in [0.29, 0.717) is 12.1 Å². The fraction of sp³-hybridized carbons (Fsp3) is 0.167. The van der Waals surface area contributed by atoms with Crippen LogP contribution in [0, 0.1) is 17.5 Å². The van der Waals surface area contributed by atoms with Crippen LogP contribution < -0.4 is 0 Å². The number of esters is 1. The van der Waals surface area contributed by atoms with Gasteiger partial charge in [-0.1, -0.05) is 11.6 Å². The van der Waals surface area contributed by atoms with Crippen LogP contribution in [-0.4, -0.2) is 18.4 Å². The van der Waals surface area contributed by atoms with Crippen LogP contribution in [0.1, 0.15) is 17.3 Å². The van der Waals surface area contributed by atoms with Gasteiger partial charge in [0.25, 0.3) is 0 Å². The van der Waals surface area contributed by atoms with Gasteiger partial charge >= 0.3 is 5.97 Å². The average molecular weight is 293 g/mol. The summed E-state index contributed by atoms with van der Waals surface area (Å²) in [6.07, 6.45) is 1.44. The predicted octanol–water partition coefficient (Wildman–Crippen LogP) is 3.06. The Kier molecular flexibility index (Phi) is 5.11. The van der Waals surface area contributed by atoms with Crippen molar-refractivity contribution in [1.82, 2.24) is 0 Å². The molecule has 0 saturated heterocycles. The lowest BCUT2D eigenvalue weighted by atomic mass is 10.1. The zero-order valence-corrected chi connectivity index (χ0v) is 10.4. The number of halogens is 4. The summed E-state index contributed by atoms with van der Waals surface area (Å²) < 4.78 is 43.9. The van der Waals surface area contributed by atoms with Crippen LogP contribution in [-0.2, 0) is 9.53 Å². The van der Waals surface area contributed by atoms with Crippen molar-refractivity contribution in [2.24, 2.45) is 0 Å². The van der Waals surface area contributed by atoms with Gasteiger partial charge in [-0.2, -0.15) is 0 Å². The van der Waals surface area contributed by atoms with Crippen LogP contribution in [0.2, 0.25) is 5.02 Å². The maximum Gasteiger partial charge on any atom is 0.330 e. The van der Waals surface area contributed by atoms with Crippen molar-refractivity contribution < 1.29 is 27.5 Å². The Morgan fingerprint density at radius 1 is 1.26 bits per heavy atom. The Balaban J connectivity index is 3.05. The molecular formula is C12H8ClF3O3. The summed E-state index contributed by atoms with van der Waals surface area (Å²) in [6.45, 7) is 1.66. The van der Waals surface area contributed by atoms with Crippen molar-refractivity contribution in [1.29, 1.82) is 0 Å². The second kappa shape index (κ2) is 6.38. The lowest BCUT2D eigenvalue weighted by Crippen LogP contribution is -2.05. The van der Waals surface area contributed by atoms with Gasteiger partial charge in [-0.15, -0.1) is 0 Å². The molecule has 0 spiro atoms. The highest BCUT2D eigenvalue weighted by molar-refractivity contribution is 6.31. The van der Waals surface area contributed by atoms with Crippen LogP contribution in [0.15, 0.2) is 18.2 Å². The first kappa shape index (κ1) is 15.2. The first-order chi connectivity index (χ1) is 8.88. The SMILES string of the molecule is CCOC(=O)C=CC(=O)c1cc(F)c(F)c(Cl)c1F. The van der Waals surface area contributed by atoms with Crippen molar-refractivity contribution in [2.75, 3.05) is 6.61 Å². The molecule has 0 aliphatic carbocycles. The summed E-state index contributed by atoms with van der Waals surface area (Å²) in [5.74, 6) is -6.28. The van der Waals surface area contributed by atoms with E-state index in [0.717, 1.165) is 6.08 Å². The molecule has 0 radical (unpaired) electrons. The summed E-state index contributed by atoms with van der Waals surface area (Å²) in [5, 5.41) is -1.12. The molecule has 102 valence electrons. The monoisotopic (exact) mass is 292 g/mol. The number of ether oxygens (including phenoxy) is 1. The van der Waals surface area contributed by atoms with Gasteiger partial charge in [0.2, 0.25) is 0 Å². The molecule has 0 amide bonds. The molecule has 0 aromatic heterocycles. The molecule has 1 aromatic rings. The lowest BCUT2D eigenvalue weighted by Gasteiger charge is -2.03. The highest BCUT2D eigenvalue weighted by Gasteiger charge is 2.20. The summed E-state index contributed by atoms with van der Waals surface area (Å²) >= 11 is 5.19. The minimum Gasteiger partial charge on any atom is -0.463 e. The van der Waals surface area contributed by atoms with Gasteiger partial charge in [-0.05, 0) is 19.1 Å². The van der Waals surface area contributed by atoms with Crippen molar-refractivity contribution in [3.8, 4) is 0 Å². The standard InChI is InChI=1S/C12H8ClF3O3/c1-2-19-9(18)4-3-8(17)6-5-7(14)12(16)10(13)11(6)15/h3-5H,2H2,1H3. The van der Waals surface area contributed by atoms with Crippen molar-refractivity contribution >= 4 is 23.4 Å². The zero-order valence-electron chi connectivity index (χ0n) is 9.68. The average Bonchev–Trinajstić information content (AvgIpc) is 2.38. The molecule has 1 aromatic carbocycles. The number of allylic oxidation sites excluding steroid dienone is 1. The van der Waals surface area contributed by atoms with E-state index in [4.69, 9.17) is 11.6 Å². The fourth-order valence-corrected chi connectivity index (χ4v) is 1.37. The molecule has 0 N–H and O–H groups in total. The molecule has 0 fully saturated rings. The molecule has 0 bridgehead atoms. The summed E-state index contributed by atoms with van der Waals surface area (Å²) in [5.41, 5.74) is -0.774. The number of benzene rings is 1. The maximum atomic E-state index is 13.5. The van der Waals surface area contributed by atoms with Crippen LogP contribution >= 0.6 is 11.6 Å². The summed E-state index contributed by atoms with van der Waals surface area (Å²) in [6, 6.07) is 0.369. The second-order valence-corrected chi connectivity index (χ2v) is 3.68. The van der Waals surface area contributed by atoms with E-state index in [1.165, 1.54) is 0 Å². The number of rotatable bonds is 4. The third-order valence-corrected chi connectivity index (χ3v) is 2.36. The molecule has 0 saturated carbocycles. The number of hydrogen-bond acceptors (Lipinski definition) is 3. The van der Waals surface area contributed by atoms with E-state index in [1.54, 1.807) is 6.92 Å². The predicted molar refractivity (Wildman–Crippen MR) is 61.4 cm³/mol. The highest BCUT2D eigenvalue weighted by Crippen LogP contribution is 2.25. The van der Waals surface area contributed by atoms with Crippen LogP contribution in [0.3, 0.4) is 0 Å². The van der Waals surface area contributed by atoms with E-state index in [2.05, 4.69) is 4.74 Å². The molecule has 19 heavy (non-hydrogen) atoms. The van der Waals surface area contributed by atoms with Crippen LogP contribution in [0.5, 0.6) is 0 Å². The molecule has 1 rings (SSSR count). The molecule has 7 heteroatoms. The molecule has 0 unspecified atom stereocenters. The van der Waals surface area contributed by atoms with E-state index in [-0.39, 0.29) is 6.61 Å². The van der Waals surface area contributed by atoms with Crippen molar-refractivity contribution in [3.63, 3.8) is 0 Å². The Morgan fingerprint density at radius 2 is 1.89 bits per heavy atom. The Morgan fingerprint density at radius 3 is 2.47 bits per heavy atom. The molecule has 0 atom stereocenters. The van der Waals surface area contributed by atoms with Gasteiger partial charge < -0.3 is 4.74 Å². The van der Waals surface area contributed by atoms with Crippen LogP contribution in [0.4, 0.5) is 13.2 Å². The summed E-state index contributed by atoms with van der Waals surface area (Å²) in [7, 11) is 0. The van der Waals surface area contributed by atoms with Gasteiger partial charge in [0, 0.05) is 6.08 Å². The first-order valence-electron chi connectivity index (χ1n) is 5.10. The lowest BCUT2D eigenvalue weighted by molar-refractivity contribution is -0.137. The van der Waals surface area contributed by atoms with Crippen molar-refractivity contribution in [3.05, 3.63) is 46.3 Å². The smallest absolute Gasteiger partial charge is 0.330 e. The number of carbonyl (C=O) groups excluding carboxylic acids is 2. The Bertz CT molecular complexity index is 556. The third kappa shape index (κ3) is 3.57. The van der Waals surface area contributed by atoms with Gasteiger partial charge in [0.05, 0.1) is 12.2 Å². The van der Waals surface area contributed by atoms with E-state index in [1.807, 2.05) is 0 Å². The van der Waals surface area contributed by atoms with Crippen molar-refractivity contribution in [2.45, 2.75) is 6.92 Å². The zero-order chi connectivity index (χ0) is 14.6. The highest BCUT2D eigenvalue weighted by atomic mass is 35.5. The van der Waals surface area contributed by atoms with Gasteiger partial charge in [-0.3, -0.25) is 4.79 Å². The second-order valence-electron chi connectivity index (χ2n) is 3.30. The largest absolute Gasteiger partial charge is 0.463 e. The molecule has 0 heterocycles. The molecule has 0 aliphatic rings. The number of ketones is 1. The normalized spacial score (nSPS) is 10.8. The fourth-order valence-electron chi connectivity index (χ4n) is 1.18. The van der Waals surface area contributed by atoms with E-state index < -0.39 is 39.8 Å². The Hall–Kier alpha value is -1.82. The molecule has 0 aliphatic heterocycles. The summed E-state index contributed by atoms with van der Waals surface area (Å²) in [4.78, 5) is 22.4.